The number of halogens is 2. The monoisotopic (exact) mass is 405 g/mol. The number of fused-ring (bicyclic) bond motifs is 1. The minimum atomic E-state index is 0.0844. The number of imidazole rings is 1. The first-order chi connectivity index (χ1) is 9.56. The van der Waals surface area contributed by atoms with E-state index >= 15 is 0 Å². The van der Waals surface area contributed by atoms with Crippen molar-refractivity contribution in [2.24, 2.45) is 0 Å². The number of amides is 1. The summed E-state index contributed by atoms with van der Waals surface area (Å²) in [6.45, 7) is 2.98. The van der Waals surface area contributed by atoms with E-state index in [1.54, 1.807) is 4.90 Å². The van der Waals surface area contributed by atoms with Gasteiger partial charge < -0.3 is 9.47 Å². The van der Waals surface area contributed by atoms with Gasteiger partial charge in [-0.05, 0) is 47.7 Å². The maximum atomic E-state index is 12.2. The van der Waals surface area contributed by atoms with Crippen LogP contribution in [0.1, 0.15) is 12.7 Å². The van der Waals surface area contributed by atoms with Crippen LogP contribution in [0.5, 0.6) is 0 Å². The van der Waals surface area contributed by atoms with Crippen LogP contribution in [0, 0.1) is 3.57 Å². The summed E-state index contributed by atoms with van der Waals surface area (Å²) in [6.07, 6.45) is 0.663. The zero-order valence-electron chi connectivity index (χ0n) is 11.6. The number of nitrogens with zero attached hydrogens (tertiary/aromatic N) is 3. The molecule has 0 spiro atoms. The summed E-state index contributed by atoms with van der Waals surface area (Å²) in [5.74, 6) is 1.45. The number of aromatic nitrogens is 2. The normalized spacial score (nSPS) is 11.0. The second-order valence-electron chi connectivity index (χ2n) is 4.59. The van der Waals surface area contributed by atoms with E-state index in [1.807, 2.05) is 36.7 Å². The van der Waals surface area contributed by atoms with Crippen LogP contribution >= 0.6 is 34.2 Å². The molecular weight excluding hydrogens is 389 g/mol. The Kier molecular flexibility index (Phi) is 5.26. The molecule has 1 heterocycles. The van der Waals surface area contributed by atoms with Gasteiger partial charge in [-0.25, -0.2) is 4.98 Å². The van der Waals surface area contributed by atoms with Gasteiger partial charge in [-0.3, -0.25) is 4.79 Å². The molecule has 0 unspecified atom stereocenters. The summed E-state index contributed by atoms with van der Waals surface area (Å²) >= 11 is 8.10. The fraction of sp³-hybridized carbons (Fsp3) is 0.429. The largest absolute Gasteiger partial charge is 0.344 e. The van der Waals surface area contributed by atoms with Crippen LogP contribution in [0.25, 0.3) is 11.0 Å². The Balaban J connectivity index is 2.43. The summed E-state index contributed by atoms with van der Waals surface area (Å²) in [6, 6.07) is 6.07. The lowest BCUT2D eigenvalue weighted by molar-refractivity contribution is -0.130. The molecule has 0 aliphatic rings. The first-order valence-corrected chi connectivity index (χ1v) is 8.12. The van der Waals surface area contributed by atoms with E-state index < -0.39 is 0 Å². The zero-order chi connectivity index (χ0) is 14.7. The standard InChI is InChI=1S/C14H17ClIN3O/c1-3-18(2)14(20)9-19-12-5-4-10(16)8-11(12)17-13(19)6-7-15/h4-5,8H,3,6-7,9H2,1-2H3. The third-order valence-electron chi connectivity index (χ3n) is 3.30. The van der Waals surface area contributed by atoms with Crippen molar-refractivity contribution < 1.29 is 4.79 Å². The number of hydrogen-bond acceptors (Lipinski definition) is 2. The van der Waals surface area contributed by atoms with Crippen LogP contribution in [0.4, 0.5) is 0 Å². The Morgan fingerprint density at radius 2 is 2.25 bits per heavy atom. The fourth-order valence-corrected chi connectivity index (χ4v) is 2.68. The number of likely N-dealkylation sites (N-methyl/N-ethyl adjacent to an activating group) is 1. The Bertz CT molecular complexity index is 626. The summed E-state index contributed by atoms with van der Waals surface area (Å²) < 4.78 is 3.11. The molecule has 0 saturated heterocycles. The van der Waals surface area contributed by atoms with Crippen molar-refractivity contribution in [1.82, 2.24) is 14.5 Å². The van der Waals surface area contributed by atoms with Gasteiger partial charge in [0.15, 0.2) is 0 Å². The molecule has 1 aromatic carbocycles. The van der Waals surface area contributed by atoms with Crippen LogP contribution in [0.2, 0.25) is 0 Å². The summed E-state index contributed by atoms with van der Waals surface area (Å²) in [5, 5.41) is 0. The molecule has 1 aromatic heterocycles. The SMILES string of the molecule is CCN(C)C(=O)Cn1c(CCCl)nc2cc(I)ccc21. The number of alkyl halides is 1. The molecular formula is C14H17ClIN3O. The van der Waals surface area contributed by atoms with Gasteiger partial charge in [0.05, 0.1) is 11.0 Å². The first kappa shape index (κ1) is 15.6. The van der Waals surface area contributed by atoms with Gasteiger partial charge in [0, 0.05) is 29.5 Å². The van der Waals surface area contributed by atoms with Crippen molar-refractivity contribution in [3.05, 3.63) is 27.6 Å². The number of aryl methyl sites for hydroxylation is 1. The van der Waals surface area contributed by atoms with Crippen molar-refractivity contribution >= 4 is 51.1 Å². The molecule has 0 fully saturated rings. The molecule has 20 heavy (non-hydrogen) atoms. The van der Waals surface area contributed by atoms with Gasteiger partial charge in [-0.15, -0.1) is 11.6 Å². The van der Waals surface area contributed by atoms with E-state index in [2.05, 4.69) is 27.6 Å². The van der Waals surface area contributed by atoms with Gasteiger partial charge in [0.25, 0.3) is 0 Å². The van der Waals surface area contributed by atoms with Gasteiger partial charge >= 0.3 is 0 Å². The lowest BCUT2D eigenvalue weighted by atomic mass is 10.3. The van der Waals surface area contributed by atoms with Crippen LogP contribution in [0.3, 0.4) is 0 Å². The number of carbonyl (C=O) groups is 1. The van der Waals surface area contributed by atoms with Crippen LogP contribution in [0.15, 0.2) is 18.2 Å². The van der Waals surface area contributed by atoms with Gasteiger partial charge in [0.2, 0.25) is 5.91 Å². The molecule has 0 atom stereocenters. The number of carbonyl (C=O) groups excluding carboxylic acids is 1. The number of rotatable bonds is 5. The predicted octanol–water partition coefficient (Wildman–Crippen LogP) is 2.90. The van der Waals surface area contributed by atoms with Gasteiger partial charge in [-0.1, -0.05) is 0 Å². The molecule has 2 aromatic rings. The molecule has 0 aliphatic carbocycles. The molecule has 0 aliphatic heterocycles. The average molecular weight is 406 g/mol. The molecule has 0 radical (unpaired) electrons. The highest BCUT2D eigenvalue weighted by atomic mass is 127. The Hall–Kier alpha value is -0.820. The van der Waals surface area contributed by atoms with Crippen molar-refractivity contribution in [2.75, 3.05) is 19.5 Å². The van der Waals surface area contributed by atoms with Crippen LogP contribution in [-0.4, -0.2) is 39.8 Å². The van der Waals surface area contributed by atoms with Crippen molar-refractivity contribution in [2.45, 2.75) is 19.9 Å². The van der Waals surface area contributed by atoms with Crippen LogP contribution < -0.4 is 0 Å². The molecule has 6 heteroatoms. The summed E-state index contributed by atoms with van der Waals surface area (Å²) in [5.41, 5.74) is 1.91. The maximum absolute atomic E-state index is 12.2. The lowest BCUT2D eigenvalue weighted by Crippen LogP contribution is -2.30. The van der Waals surface area contributed by atoms with Gasteiger partial charge in [0.1, 0.15) is 12.4 Å². The Morgan fingerprint density at radius 3 is 2.90 bits per heavy atom. The first-order valence-electron chi connectivity index (χ1n) is 6.51. The minimum absolute atomic E-state index is 0.0844. The molecule has 1 amide bonds. The second-order valence-corrected chi connectivity index (χ2v) is 6.22. The van der Waals surface area contributed by atoms with Crippen molar-refractivity contribution in [3.8, 4) is 0 Å². The Labute approximate surface area is 137 Å². The molecule has 4 nitrogen and oxygen atoms in total. The topological polar surface area (TPSA) is 38.1 Å². The highest BCUT2D eigenvalue weighted by molar-refractivity contribution is 14.1. The van der Waals surface area contributed by atoms with Gasteiger partial charge in [-0.2, -0.15) is 0 Å². The highest BCUT2D eigenvalue weighted by Gasteiger charge is 2.15. The summed E-state index contributed by atoms with van der Waals surface area (Å²) in [4.78, 5) is 18.5. The third-order valence-corrected chi connectivity index (χ3v) is 4.16. The lowest BCUT2D eigenvalue weighted by Gasteiger charge is -2.16. The molecule has 108 valence electrons. The van der Waals surface area contributed by atoms with E-state index in [0.717, 1.165) is 20.4 Å². The molecule has 0 saturated carbocycles. The number of benzene rings is 1. The smallest absolute Gasteiger partial charge is 0.242 e. The van der Waals surface area contributed by atoms with E-state index in [9.17, 15) is 4.79 Å². The van der Waals surface area contributed by atoms with Crippen LogP contribution in [-0.2, 0) is 17.8 Å². The molecule has 2 rings (SSSR count). The molecule has 0 N–H and O–H groups in total. The van der Waals surface area contributed by atoms with E-state index in [-0.39, 0.29) is 5.91 Å². The van der Waals surface area contributed by atoms with E-state index in [4.69, 9.17) is 11.6 Å². The quantitative estimate of drug-likeness (QED) is 0.567. The van der Waals surface area contributed by atoms with E-state index in [1.165, 1.54) is 0 Å². The maximum Gasteiger partial charge on any atom is 0.242 e. The second kappa shape index (κ2) is 6.76. The highest BCUT2D eigenvalue weighted by Crippen LogP contribution is 2.20. The predicted molar refractivity (Wildman–Crippen MR) is 90.2 cm³/mol. The molecule has 0 bridgehead atoms. The number of hydrogen-bond donors (Lipinski definition) is 0. The minimum Gasteiger partial charge on any atom is -0.344 e. The third kappa shape index (κ3) is 3.25. The Morgan fingerprint density at radius 1 is 1.50 bits per heavy atom. The average Bonchev–Trinajstić information content (AvgIpc) is 2.75. The van der Waals surface area contributed by atoms with Crippen molar-refractivity contribution in [1.29, 1.82) is 0 Å². The van der Waals surface area contributed by atoms with Crippen molar-refractivity contribution in [3.63, 3.8) is 0 Å². The van der Waals surface area contributed by atoms with E-state index in [0.29, 0.717) is 25.4 Å². The summed E-state index contributed by atoms with van der Waals surface area (Å²) in [7, 11) is 1.81. The fourth-order valence-electron chi connectivity index (χ4n) is 2.04. The zero-order valence-corrected chi connectivity index (χ0v) is 14.5.